The van der Waals surface area contributed by atoms with E-state index in [0.717, 1.165) is 0 Å². The Labute approximate surface area is 80.5 Å². The highest BCUT2D eigenvalue weighted by molar-refractivity contribution is 5.65. The number of nitro groups is 1. The number of ether oxygens (including phenoxy) is 1. The maximum absolute atomic E-state index is 10.5. The molecule has 1 rings (SSSR count). The molecule has 0 amide bonds. The highest BCUT2D eigenvalue weighted by Crippen LogP contribution is 2.13. The summed E-state index contributed by atoms with van der Waals surface area (Å²) in [7, 11) is 0. The third kappa shape index (κ3) is 2.85. The Morgan fingerprint density at radius 3 is 2.86 bits per heavy atom. The van der Waals surface area contributed by atoms with Crippen LogP contribution in [0.5, 0.6) is 0 Å². The topological polar surface area (TPSA) is 69.4 Å². The number of hydrogen-bond donors (Lipinski definition) is 0. The highest BCUT2D eigenvalue weighted by atomic mass is 16.6. The van der Waals surface area contributed by atoms with Crippen LogP contribution in [0.4, 0.5) is 5.69 Å². The van der Waals surface area contributed by atoms with Crippen LogP contribution in [-0.2, 0) is 16.1 Å². The van der Waals surface area contributed by atoms with Gasteiger partial charge < -0.3 is 4.74 Å². The molecule has 1 aromatic rings. The van der Waals surface area contributed by atoms with Crippen molar-refractivity contribution in [1.82, 2.24) is 0 Å². The van der Waals surface area contributed by atoms with Crippen molar-refractivity contribution in [3.05, 3.63) is 39.9 Å². The summed E-state index contributed by atoms with van der Waals surface area (Å²) in [6.45, 7) is 1.36. The minimum absolute atomic E-state index is 0.00495. The number of carbonyl (C=O) groups is 1. The number of nitrogens with zero attached hydrogens (tertiary/aromatic N) is 1. The molecule has 0 aliphatic rings. The predicted molar refractivity (Wildman–Crippen MR) is 48.6 cm³/mol. The van der Waals surface area contributed by atoms with Gasteiger partial charge in [0.2, 0.25) is 0 Å². The molecule has 0 aliphatic carbocycles. The van der Waals surface area contributed by atoms with Crippen molar-refractivity contribution in [2.75, 3.05) is 0 Å². The molecule has 0 unspecified atom stereocenters. The van der Waals surface area contributed by atoms with Crippen LogP contribution in [-0.4, -0.2) is 10.9 Å². The summed E-state index contributed by atoms with van der Waals surface area (Å²) < 4.78 is 4.70. The van der Waals surface area contributed by atoms with E-state index in [1.165, 1.54) is 19.1 Å². The fraction of sp³-hybridized carbons (Fsp3) is 0.222. The molecule has 14 heavy (non-hydrogen) atoms. The fourth-order valence-electron chi connectivity index (χ4n) is 0.945. The van der Waals surface area contributed by atoms with Crippen LogP contribution in [0.1, 0.15) is 12.5 Å². The fourth-order valence-corrected chi connectivity index (χ4v) is 0.945. The molecule has 0 aromatic heterocycles. The average molecular weight is 195 g/mol. The number of hydrogen-bond acceptors (Lipinski definition) is 4. The quantitative estimate of drug-likeness (QED) is 0.417. The van der Waals surface area contributed by atoms with Gasteiger partial charge in [-0.15, -0.1) is 0 Å². The molecule has 1 aromatic carbocycles. The number of rotatable bonds is 3. The van der Waals surface area contributed by atoms with Crippen LogP contribution in [0.3, 0.4) is 0 Å². The molecule has 0 saturated carbocycles. The molecule has 0 atom stereocenters. The van der Waals surface area contributed by atoms with Crippen LogP contribution in [0, 0.1) is 10.1 Å². The van der Waals surface area contributed by atoms with Crippen LogP contribution in [0.25, 0.3) is 0 Å². The minimum Gasteiger partial charge on any atom is -0.461 e. The maximum atomic E-state index is 10.5. The number of benzene rings is 1. The lowest BCUT2D eigenvalue weighted by Gasteiger charge is -2.01. The molecule has 5 nitrogen and oxygen atoms in total. The van der Waals surface area contributed by atoms with Gasteiger partial charge in [-0.05, 0) is 5.56 Å². The number of esters is 1. The SMILES string of the molecule is CC(=O)OCc1cccc([N+](=O)[O-])c1. The Balaban J connectivity index is 2.73. The van der Waals surface area contributed by atoms with Crippen molar-refractivity contribution in [1.29, 1.82) is 0 Å². The van der Waals surface area contributed by atoms with Crippen molar-refractivity contribution in [3.63, 3.8) is 0 Å². The molecule has 0 heterocycles. The van der Waals surface area contributed by atoms with Gasteiger partial charge in [0, 0.05) is 19.1 Å². The van der Waals surface area contributed by atoms with Crippen LogP contribution < -0.4 is 0 Å². The van der Waals surface area contributed by atoms with Gasteiger partial charge in [0.05, 0.1) is 4.92 Å². The van der Waals surface area contributed by atoms with Crippen molar-refractivity contribution in [3.8, 4) is 0 Å². The Kier molecular flexibility index (Phi) is 3.17. The van der Waals surface area contributed by atoms with E-state index in [-0.39, 0.29) is 12.3 Å². The zero-order chi connectivity index (χ0) is 10.6. The lowest BCUT2D eigenvalue weighted by atomic mass is 10.2. The van der Waals surface area contributed by atoms with Crippen LogP contribution in [0.15, 0.2) is 24.3 Å². The van der Waals surface area contributed by atoms with Gasteiger partial charge in [-0.25, -0.2) is 0 Å². The molecule has 74 valence electrons. The Morgan fingerprint density at radius 1 is 1.57 bits per heavy atom. The maximum Gasteiger partial charge on any atom is 0.302 e. The van der Waals surface area contributed by atoms with Crippen molar-refractivity contribution in [2.24, 2.45) is 0 Å². The minimum atomic E-state index is -0.489. The van der Waals surface area contributed by atoms with Crippen LogP contribution in [0.2, 0.25) is 0 Å². The molecule has 5 heteroatoms. The summed E-state index contributed by atoms with van der Waals surface area (Å²) in [5, 5.41) is 10.4. The predicted octanol–water partition coefficient (Wildman–Crippen LogP) is 1.66. The third-order valence-electron chi connectivity index (χ3n) is 1.56. The van der Waals surface area contributed by atoms with E-state index in [4.69, 9.17) is 4.74 Å². The molecule has 0 saturated heterocycles. The van der Waals surface area contributed by atoms with Crippen molar-refractivity contribution in [2.45, 2.75) is 13.5 Å². The molecule has 0 aliphatic heterocycles. The molecule has 0 N–H and O–H groups in total. The monoisotopic (exact) mass is 195 g/mol. The Morgan fingerprint density at radius 2 is 2.29 bits per heavy atom. The van der Waals surface area contributed by atoms with Gasteiger partial charge in [-0.1, -0.05) is 12.1 Å². The zero-order valence-corrected chi connectivity index (χ0v) is 7.60. The van der Waals surface area contributed by atoms with Gasteiger partial charge in [-0.3, -0.25) is 14.9 Å². The largest absolute Gasteiger partial charge is 0.461 e. The number of carbonyl (C=O) groups excluding carboxylic acids is 1. The molecular weight excluding hydrogens is 186 g/mol. The van der Waals surface area contributed by atoms with E-state index in [2.05, 4.69) is 0 Å². The van der Waals surface area contributed by atoms with E-state index < -0.39 is 10.9 Å². The van der Waals surface area contributed by atoms with Gasteiger partial charge in [-0.2, -0.15) is 0 Å². The summed E-state index contributed by atoms with van der Waals surface area (Å²) in [6, 6.07) is 5.98. The van der Waals surface area contributed by atoms with Gasteiger partial charge >= 0.3 is 5.97 Å². The molecule has 0 radical (unpaired) electrons. The highest BCUT2D eigenvalue weighted by Gasteiger charge is 2.05. The van der Waals surface area contributed by atoms with Gasteiger partial charge in [0.15, 0.2) is 0 Å². The first-order valence-electron chi connectivity index (χ1n) is 3.96. The van der Waals surface area contributed by atoms with Crippen molar-refractivity contribution >= 4 is 11.7 Å². The molecule has 0 bridgehead atoms. The molecular formula is C9H9NO4. The first-order chi connectivity index (χ1) is 6.59. The standard InChI is InChI=1S/C9H9NO4/c1-7(11)14-6-8-3-2-4-9(5-8)10(12)13/h2-5H,6H2,1H3. The summed E-state index contributed by atoms with van der Waals surface area (Å²) in [5.74, 6) is -0.406. The summed E-state index contributed by atoms with van der Waals surface area (Å²) in [6.07, 6.45) is 0. The van der Waals surface area contributed by atoms with Crippen molar-refractivity contribution < 1.29 is 14.5 Å². The first-order valence-corrected chi connectivity index (χ1v) is 3.96. The van der Waals surface area contributed by atoms with E-state index in [0.29, 0.717) is 5.56 Å². The van der Waals surface area contributed by atoms with E-state index in [1.54, 1.807) is 12.1 Å². The lowest BCUT2D eigenvalue weighted by Crippen LogP contribution is -1.99. The average Bonchev–Trinajstić information content (AvgIpc) is 2.15. The van der Waals surface area contributed by atoms with E-state index in [9.17, 15) is 14.9 Å². The van der Waals surface area contributed by atoms with E-state index in [1.807, 2.05) is 0 Å². The van der Waals surface area contributed by atoms with Crippen LogP contribution >= 0.6 is 0 Å². The zero-order valence-electron chi connectivity index (χ0n) is 7.60. The van der Waals surface area contributed by atoms with E-state index >= 15 is 0 Å². The number of nitro benzene ring substituents is 1. The second kappa shape index (κ2) is 4.36. The molecule has 0 spiro atoms. The Hall–Kier alpha value is -1.91. The normalized spacial score (nSPS) is 9.50. The second-order valence-electron chi connectivity index (χ2n) is 2.71. The lowest BCUT2D eigenvalue weighted by molar-refractivity contribution is -0.384. The number of non-ortho nitro benzene ring substituents is 1. The summed E-state index contributed by atoms with van der Waals surface area (Å²) in [5.41, 5.74) is 0.601. The molecule has 0 fully saturated rings. The van der Waals surface area contributed by atoms with Gasteiger partial charge in [0.1, 0.15) is 6.61 Å². The third-order valence-corrected chi connectivity index (χ3v) is 1.56. The summed E-state index contributed by atoms with van der Waals surface area (Å²) >= 11 is 0. The summed E-state index contributed by atoms with van der Waals surface area (Å²) in [4.78, 5) is 20.4. The Bertz CT molecular complexity index is 362. The first kappa shape index (κ1) is 10.2. The smallest absolute Gasteiger partial charge is 0.302 e. The van der Waals surface area contributed by atoms with Gasteiger partial charge in [0.25, 0.3) is 5.69 Å². The second-order valence-corrected chi connectivity index (χ2v) is 2.71.